The third-order valence-corrected chi connectivity index (χ3v) is 15.7. The second-order valence-corrected chi connectivity index (χ2v) is 22.0. The van der Waals surface area contributed by atoms with Gasteiger partial charge in [0.1, 0.15) is 17.2 Å². The highest BCUT2D eigenvalue weighted by Crippen LogP contribution is 2.46. The normalized spacial score (nSPS) is 11.1. The van der Waals surface area contributed by atoms with Gasteiger partial charge in [-0.3, -0.25) is 0 Å². The highest BCUT2D eigenvalue weighted by Gasteiger charge is 2.38. The molecule has 0 bridgehead atoms. The summed E-state index contributed by atoms with van der Waals surface area (Å²) in [6, 6.07) is 62.9. The molecule has 0 fully saturated rings. The molecule has 0 heterocycles. The number of aryl methyl sites for hydroxylation is 2. The number of benzene rings is 7. The molecule has 6 nitrogen and oxygen atoms in total. The maximum Gasteiger partial charge on any atom is 0.519 e. The summed E-state index contributed by atoms with van der Waals surface area (Å²) in [4.78, 5) is 23.7. The molecule has 6 heteroatoms. The van der Waals surface area contributed by atoms with Crippen molar-refractivity contribution in [3.05, 3.63) is 221 Å². The molecule has 0 spiro atoms. The monoisotopic (exact) mass is 1090 g/mol. The van der Waals surface area contributed by atoms with Crippen LogP contribution in [0.5, 0.6) is 17.2 Å². The van der Waals surface area contributed by atoms with E-state index in [4.69, 9.17) is 19.3 Å². The number of carboxylic acid groups (broad SMARTS) is 1. The van der Waals surface area contributed by atoms with Gasteiger partial charge in [0.25, 0.3) is 0 Å². The number of ether oxygens (including phenoxy) is 3. The standard InChI is InChI=1S/C43H70O3.C32H24O3/c1-3-5-7-9-11-13-15-17-19-21-23-25-27-31-39-33-29-35-41(37-39)45-43(44)46-42-36-30-34-40(38-42)32-28-26-24-22-20-18-16-14-12-10-8-6-4-2;33-31(34)35-30-19-11-10-18-29(30)24-20-22-28(23-21-24)32(25-12-4-1-5-13-25,26-14-6-2-7-15-26)27-16-8-3-9-17-27/h29-30,33-38H,3-28,31-32H2,1-2H3;1-23H,(H,33,34). The van der Waals surface area contributed by atoms with Crippen LogP contribution >= 0.6 is 0 Å². The molecule has 0 saturated heterocycles. The van der Waals surface area contributed by atoms with Crippen molar-refractivity contribution in [2.45, 2.75) is 199 Å². The van der Waals surface area contributed by atoms with E-state index in [2.05, 4.69) is 111 Å². The highest BCUT2D eigenvalue weighted by molar-refractivity contribution is 5.75. The fourth-order valence-electron chi connectivity index (χ4n) is 11.3. The third kappa shape index (κ3) is 22.5. The Balaban J connectivity index is 0.000000269. The van der Waals surface area contributed by atoms with Gasteiger partial charge in [0.15, 0.2) is 0 Å². The van der Waals surface area contributed by atoms with E-state index in [9.17, 15) is 9.59 Å². The van der Waals surface area contributed by atoms with Gasteiger partial charge >= 0.3 is 12.3 Å². The fourth-order valence-corrected chi connectivity index (χ4v) is 11.3. The lowest BCUT2D eigenvalue weighted by Crippen LogP contribution is -2.30. The van der Waals surface area contributed by atoms with Crippen LogP contribution in [0.1, 0.15) is 214 Å². The minimum Gasteiger partial charge on any atom is -0.449 e. The summed E-state index contributed by atoms with van der Waals surface area (Å²) in [7, 11) is 0. The minimum absolute atomic E-state index is 0.313. The molecule has 0 aliphatic rings. The molecule has 0 aliphatic carbocycles. The van der Waals surface area contributed by atoms with Crippen molar-refractivity contribution in [1.29, 1.82) is 0 Å². The number of hydrogen-bond acceptors (Lipinski definition) is 5. The Bertz CT molecular complexity index is 2600. The predicted molar refractivity (Wildman–Crippen MR) is 337 cm³/mol. The van der Waals surface area contributed by atoms with E-state index in [0.717, 1.165) is 29.5 Å². The van der Waals surface area contributed by atoms with Gasteiger partial charge in [-0.15, -0.1) is 0 Å². The van der Waals surface area contributed by atoms with Crippen molar-refractivity contribution in [1.82, 2.24) is 0 Å². The molecule has 0 atom stereocenters. The van der Waals surface area contributed by atoms with Crippen LogP contribution in [0.2, 0.25) is 0 Å². The van der Waals surface area contributed by atoms with E-state index < -0.39 is 17.7 Å². The van der Waals surface area contributed by atoms with E-state index in [1.807, 2.05) is 78.9 Å². The molecule has 7 aromatic carbocycles. The summed E-state index contributed by atoms with van der Waals surface area (Å²) in [6.45, 7) is 4.57. The second-order valence-electron chi connectivity index (χ2n) is 22.0. The minimum atomic E-state index is -1.33. The maximum atomic E-state index is 12.5. The molecular weight excluding hydrogens is 997 g/mol. The predicted octanol–water partition coefficient (Wildman–Crippen LogP) is 22.3. The fraction of sp³-hybridized carbons (Fsp3) is 0.413. The largest absolute Gasteiger partial charge is 0.519 e. The molecule has 7 aromatic rings. The average molecular weight is 1090 g/mol. The first-order valence-electron chi connectivity index (χ1n) is 31.3. The first kappa shape index (κ1) is 63.3. The van der Waals surface area contributed by atoms with Gasteiger partial charge in [0.2, 0.25) is 0 Å². The van der Waals surface area contributed by atoms with Crippen LogP contribution in [0.3, 0.4) is 0 Å². The van der Waals surface area contributed by atoms with Gasteiger partial charge in [-0.05, 0) is 95.0 Å². The molecule has 0 aliphatic heterocycles. The SMILES string of the molecule is CCCCCCCCCCCCCCCc1cccc(OC(=O)Oc2cccc(CCCCCCCCCCCCCCC)c2)c1.O=C(O)Oc1ccccc1-c1ccc(C(c2ccccc2)(c2ccccc2)c2ccccc2)cc1. The quantitative estimate of drug-likeness (QED) is 0.0182. The van der Waals surface area contributed by atoms with E-state index in [1.165, 1.54) is 195 Å². The van der Waals surface area contributed by atoms with Crippen LogP contribution in [0.25, 0.3) is 11.1 Å². The number of rotatable bonds is 36. The van der Waals surface area contributed by atoms with Crippen molar-refractivity contribution in [2.75, 3.05) is 0 Å². The Labute approximate surface area is 487 Å². The van der Waals surface area contributed by atoms with E-state index in [-0.39, 0.29) is 0 Å². The van der Waals surface area contributed by atoms with Crippen molar-refractivity contribution < 1.29 is 28.9 Å². The van der Waals surface area contributed by atoms with E-state index >= 15 is 0 Å². The molecular formula is C75H94O6. The Morgan fingerprint density at radius 1 is 0.346 bits per heavy atom. The maximum absolute atomic E-state index is 12.5. The summed E-state index contributed by atoms with van der Waals surface area (Å²) in [5.74, 6) is 1.42. The summed E-state index contributed by atoms with van der Waals surface area (Å²) >= 11 is 0. The summed E-state index contributed by atoms with van der Waals surface area (Å²) in [6.07, 6.45) is 35.5. The third-order valence-electron chi connectivity index (χ3n) is 15.7. The molecule has 0 saturated carbocycles. The van der Waals surface area contributed by atoms with Gasteiger partial charge in [-0.1, -0.05) is 326 Å². The number of para-hydroxylation sites is 1. The number of unbranched alkanes of at least 4 members (excludes halogenated alkanes) is 24. The van der Waals surface area contributed by atoms with E-state index in [1.54, 1.807) is 12.1 Å². The van der Waals surface area contributed by atoms with Gasteiger partial charge in [-0.25, -0.2) is 9.59 Å². The van der Waals surface area contributed by atoms with Gasteiger partial charge < -0.3 is 19.3 Å². The van der Waals surface area contributed by atoms with Crippen molar-refractivity contribution in [2.24, 2.45) is 0 Å². The smallest absolute Gasteiger partial charge is 0.449 e. The molecule has 81 heavy (non-hydrogen) atoms. The van der Waals surface area contributed by atoms with Crippen LogP contribution in [0.4, 0.5) is 9.59 Å². The molecule has 0 amide bonds. The Morgan fingerprint density at radius 2 is 0.679 bits per heavy atom. The molecule has 1 N–H and O–H groups in total. The van der Waals surface area contributed by atoms with E-state index in [0.29, 0.717) is 17.2 Å². The molecule has 0 aromatic heterocycles. The summed E-state index contributed by atoms with van der Waals surface area (Å²) < 4.78 is 16.1. The molecule has 0 unspecified atom stereocenters. The van der Waals surface area contributed by atoms with Crippen molar-refractivity contribution in [3.63, 3.8) is 0 Å². The van der Waals surface area contributed by atoms with Crippen LogP contribution in [0.15, 0.2) is 188 Å². The Kier molecular flexibility index (Phi) is 29.6. The van der Waals surface area contributed by atoms with Crippen molar-refractivity contribution in [3.8, 4) is 28.4 Å². The van der Waals surface area contributed by atoms with Crippen LogP contribution in [-0.4, -0.2) is 17.4 Å². The lowest BCUT2D eigenvalue weighted by molar-refractivity contribution is 0.144. The number of hydrogen-bond donors (Lipinski definition) is 1. The molecule has 430 valence electrons. The number of carbonyl (C=O) groups excluding carboxylic acids is 1. The topological polar surface area (TPSA) is 82.1 Å². The summed E-state index contributed by atoms with van der Waals surface area (Å²) in [5, 5.41) is 9.14. The van der Waals surface area contributed by atoms with Crippen LogP contribution in [-0.2, 0) is 18.3 Å². The lowest BCUT2D eigenvalue weighted by Gasteiger charge is -2.37. The van der Waals surface area contributed by atoms with Gasteiger partial charge in [0, 0.05) is 5.56 Å². The van der Waals surface area contributed by atoms with Crippen LogP contribution in [0, 0.1) is 0 Å². The zero-order valence-electron chi connectivity index (χ0n) is 49.2. The van der Waals surface area contributed by atoms with Crippen molar-refractivity contribution >= 4 is 12.3 Å². The Morgan fingerprint density at radius 3 is 1.05 bits per heavy atom. The average Bonchev–Trinajstić information content (AvgIpc) is 3.58. The second kappa shape index (κ2) is 37.9. The summed E-state index contributed by atoms with van der Waals surface area (Å²) in [5.41, 5.74) is 8.13. The first-order valence-corrected chi connectivity index (χ1v) is 31.3. The lowest BCUT2D eigenvalue weighted by atomic mass is 9.65. The van der Waals surface area contributed by atoms with Gasteiger partial charge in [-0.2, -0.15) is 0 Å². The zero-order valence-corrected chi connectivity index (χ0v) is 49.2. The molecule has 7 rings (SSSR count). The Hall–Kier alpha value is -6.92. The molecule has 0 radical (unpaired) electrons. The first-order chi connectivity index (χ1) is 39.9. The van der Waals surface area contributed by atoms with Crippen LogP contribution < -0.4 is 14.2 Å². The zero-order chi connectivity index (χ0) is 56.8. The highest BCUT2D eigenvalue weighted by atomic mass is 16.7. The number of carbonyl (C=O) groups is 2. The van der Waals surface area contributed by atoms with Gasteiger partial charge in [0.05, 0.1) is 5.41 Å².